The number of carbonyl (C=O) groups is 4. The standard InChI is InChI=1S/C18H12O7/c19-15(11-7-3-1-4-8-11)23-13-14(18(22)25-17(13)21)24-16(20)12-9-5-2-6-10-12/h1-10,13-14H/t13-,14+. The highest BCUT2D eigenvalue weighted by Crippen LogP contribution is 2.20. The van der Waals surface area contributed by atoms with Crippen molar-refractivity contribution in [2.45, 2.75) is 12.2 Å². The molecule has 0 radical (unpaired) electrons. The minimum Gasteiger partial charge on any atom is -0.442 e. The van der Waals surface area contributed by atoms with E-state index in [-0.39, 0.29) is 11.1 Å². The van der Waals surface area contributed by atoms with Crippen LogP contribution in [0.25, 0.3) is 0 Å². The molecule has 3 rings (SSSR count). The van der Waals surface area contributed by atoms with E-state index >= 15 is 0 Å². The molecule has 1 saturated heterocycles. The van der Waals surface area contributed by atoms with Gasteiger partial charge in [0.05, 0.1) is 11.1 Å². The van der Waals surface area contributed by atoms with Crippen LogP contribution in [0.3, 0.4) is 0 Å². The number of rotatable bonds is 4. The summed E-state index contributed by atoms with van der Waals surface area (Å²) in [7, 11) is 0. The van der Waals surface area contributed by atoms with Crippen LogP contribution >= 0.6 is 0 Å². The van der Waals surface area contributed by atoms with Crippen LogP contribution < -0.4 is 0 Å². The summed E-state index contributed by atoms with van der Waals surface area (Å²) in [6.45, 7) is 0. The Labute approximate surface area is 142 Å². The molecular weight excluding hydrogens is 328 g/mol. The molecule has 0 bridgehead atoms. The van der Waals surface area contributed by atoms with E-state index in [2.05, 4.69) is 4.74 Å². The Morgan fingerprint density at radius 3 is 1.40 bits per heavy atom. The van der Waals surface area contributed by atoms with Crippen LogP contribution in [0, 0.1) is 0 Å². The van der Waals surface area contributed by atoms with E-state index < -0.39 is 36.1 Å². The van der Waals surface area contributed by atoms with Crippen LogP contribution in [0.15, 0.2) is 60.7 Å². The van der Waals surface area contributed by atoms with Crippen molar-refractivity contribution in [2.24, 2.45) is 0 Å². The molecule has 2 atom stereocenters. The fraction of sp³-hybridized carbons (Fsp3) is 0.111. The Bertz CT molecular complexity index is 744. The molecule has 1 aliphatic heterocycles. The topological polar surface area (TPSA) is 96.0 Å². The van der Waals surface area contributed by atoms with Gasteiger partial charge in [0, 0.05) is 0 Å². The second-order valence-electron chi connectivity index (χ2n) is 5.12. The summed E-state index contributed by atoms with van der Waals surface area (Å²) in [5.74, 6) is -3.84. The number of carbonyl (C=O) groups excluding carboxylic acids is 4. The Kier molecular flexibility index (Phi) is 4.56. The maximum Gasteiger partial charge on any atom is 0.359 e. The van der Waals surface area contributed by atoms with E-state index in [9.17, 15) is 19.2 Å². The molecule has 1 heterocycles. The highest BCUT2D eigenvalue weighted by Gasteiger charge is 2.50. The number of esters is 4. The monoisotopic (exact) mass is 340 g/mol. The number of hydrogen-bond acceptors (Lipinski definition) is 7. The molecule has 0 saturated carbocycles. The summed E-state index contributed by atoms with van der Waals surface area (Å²) < 4.78 is 14.5. The number of hydrogen-bond donors (Lipinski definition) is 0. The summed E-state index contributed by atoms with van der Waals surface area (Å²) >= 11 is 0. The van der Waals surface area contributed by atoms with Gasteiger partial charge in [-0.25, -0.2) is 19.2 Å². The van der Waals surface area contributed by atoms with Gasteiger partial charge in [-0.1, -0.05) is 36.4 Å². The summed E-state index contributed by atoms with van der Waals surface area (Å²) in [5.41, 5.74) is 0.366. The molecule has 2 aromatic rings. The Balaban J connectivity index is 1.75. The molecule has 0 spiro atoms. The molecule has 1 aliphatic rings. The fourth-order valence-corrected chi connectivity index (χ4v) is 2.20. The maximum atomic E-state index is 12.1. The third-order valence-corrected chi connectivity index (χ3v) is 3.43. The molecule has 0 amide bonds. The van der Waals surface area contributed by atoms with E-state index in [1.54, 1.807) is 36.4 Å². The van der Waals surface area contributed by atoms with Crippen LogP contribution in [-0.2, 0) is 23.8 Å². The Morgan fingerprint density at radius 1 is 0.680 bits per heavy atom. The van der Waals surface area contributed by atoms with Gasteiger partial charge in [0.1, 0.15) is 0 Å². The first-order valence-electron chi connectivity index (χ1n) is 7.34. The molecule has 0 aliphatic carbocycles. The first kappa shape index (κ1) is 16.4. The second kappa shape index (κ2) is 6.96. The number of cyclic esters (lactones) is 2. The lowest BCUT2D eigenvalue weighted by Gasteiger charge is -2.15. The fourth-order valence-electron chi connectivity index (χ4n) is 2.20. The van der Waals surface area contributed by atoms with E-state index in [0.29, 0.717) is 0 Å². The van der Waals surface area contributed by atoms with Crippen molar-refractivity contribution in [3.05, 3.63) is 71.8 Å². The predicted molar refractivity (Wildman–Crippen MR) is 82.4 cm³/mol. The maximum absolute atomic E-state index is 12.1. The number of ether oxygens (including phenoxy) is 3. The van der Waals surface area contributed by atoms with Crippen LogP contribution in [-0.4, -0.2) is 36.1 Å². The number of benzene rings is 2. The van der Waals surface area contributed by atoms with Gasteiger partial charge in [-0.15, -0.1) is 0 Å². The largest absolute Gasteiger partial charge is 0.442 e. The normalized spacial score (nSPS) is 19.2. The van der Waals surface area contributed by atoms with E-state index in [0.717, 1.165) is 0 Å². The highest BCUT2D eigenvalue weighted by molar-refractivity contribution is 6.03. The van der Waals surface area contributed by atoms with Crippen molar-refractivity contribution in [3.63, 3.8) is 0 Å². The predicted octanol–water partition coefficient (Wildman–Crippen LogP) is 1.52. The van der Waals surface area contributed by atoms with Gasteiger partial charge in [0.2, 0.25) is 12.2 Å². The molecule has 0 unspecified atom stereocenters. The van der Waals surface area contributed by atoms with Crippen LogP contribution in [0.2, 0.25) is 0 Å². The Morgan fingerprint density at radius 2 is 1.04 bits per heavy atom. The molecule has 1 fully saturated rings. The molecule has 7 heteroatoms. The molecule has 7 nitrogen and oxygen atoms in total. The Hall–Kier alpha value is -3.48. The van der Waals surface area contributed by atoms with Crippen molar-refractivity contribution in [3.8, 4) is 0 Å². The molecule has 25 heavy (non-hydrogen) atoms. The average Bonchev–Trinajstić information content (AvgIpc) is 2.90. The first-order valence-corrected chi connectivity index (χ1v) is 7.34. The third kappa shape index (κ3) is 3.55. The average molecular weight is 340 g/mol. The van der Waals surface area contributed by atoms with Gasteiger partial charge in [-0.3, -0.25) is 0 Å². The van der Waals surface area contributed by atoms with Gasteiger partial charge < -0.3 is 14.2 Å². The highest BCUT2D eigenvalue weighted by atomic mass is 16.7. The van der Waals surface area contributed by atoms with Crippen molar-refractivity contribution < 1.29 is 33.4 Å². The zero-order valence-corrected chi connectivity index (χ0v) is 12.8. The van der Waals surface area contributed by atoms with Crippen molar-refractivity contribution in [1.82, 2.24) is 0 Å². The first-order chi connectivity index (χ1) is 12.1. The summed E-state index contributed by atoms with van der Waals surface area (Å²) in [5, 5.41) is 0. The SMILES string of the molecule is O=C(O[C@@H]1C(=O)OC(=O)[C@@H]1OC(=O)c1ccccc1)c1ccccc1. The zero-order chi connectivity index (χ0) is 17.8. The minimum atomic E-state index is -1.65. The van der Waals surface area contributed by atoms with Gasteiger partial charge in [0.25, 0.3) is 0 Å². The lowest BCUT2D eigenvalue weighted by atomic mass is 10.2. The third-order valence-electron chi connectivity index (χ3n) is 3.43. The molecular formula is C18H12O7. The van der Waals surface area contributed by atoms with Crippen LogP contribution in [0.5, 0.6) is 0 Å². The van der Waals surface area contributed by atoms with Crippen molar-refractivity contribution >= 4 is 23.9 Å². The molecule has 126 valence electrons. The van der Waals surface area contributed by atoms with E-state index in [4.69, 9.17) is 9.47 Å². The second-order valence-corrected chi connectivity index (χ2v) is 5.12. The van der Waals surface area contributed by atoms with Gasteiger partial charge in [0.15, 0.2) is 0 Å². The van der Waals surface area contributed by atoms with Gasteiger partial charge in [-0.05, 0) is 24.3 Å². The quantitative estimate of drug-likeness (QED) is 0.473. The van der Waals surface area contributed by atoms with Crippen molar-refractivity contribution in [1.29, 1.82) is 0 Å². The van der Waals surface area contributed by atoms with Crippen LogP contribution in [0.1, 0.15) is 20.7 Å². The molecule has 0 N–H and O–H groups in total. The molecule has 0 aromatic heterocycles. The lowest BCUT2D eigenvalue weighted by Crippen LogP contribution is -2.37. The lowest BCUT2D eigenvalue weighted by molar-refractivity contribution is -0.155. The summed E-state index contributed by atoms with van der Waals surface area (Å²) in [6.07, 6.45) is -3.29. The summed E-state index contributed by atoms with van der Waals surface area (Å²) in [4.78, 5) is 47.7. The minimum absolute atomic E-state index is 0.183. The van der Waals surface area contributed by atoms with Gasteiger partial charge in [-0.2, -0.15) is 0 Å². The van der Waals surface area contributed by atoms with E-state index in [1.165, 1.54) is 24.3 Å². The van der Waals surface area contributed by atoms with E-state index in [1.807, 2.05) is 0 Å². The van der Waals surface area contributed by atoms with Crippen molar-refractivity contribution in [2.75, 3.05) is 0 Å². The van der Waals surface area contributed by atoms with Crippen LogP contribution in [0.4, 0.5) is 0 Å². The van der Waals surface area contributed by atoms with Gasteiger partial charge >= 0.3 is 23.9 Å². The summed E-state index contributed by atoms with van der Waals surface area (Å²) in [6, 6.07) is 15.8. The molecule has 2 aromatic carbocycles. The smallest absolute Gasteiger partial charge is 0.359 e. The zero-order valence-electron chi connectivity index (χ0n) is 12.8.